The predicted octanol–water partition coefficient (Wildman–Crippen LogP) is 3.27. The number of rotatable bonds is 1. The van der Waals surface area contributed by atoms with E-state index in [9.17, 15) is 4.39 Å². The molecule has 1 N–H and O–H groups in total. The molecular weight excluding hydrogens is 277 g/mol. The molecule has 2 aromatic rings. The fraction of sp³-hybridized carbons (Fsp3) is 0.167. The zero-order valence-corrected chi connectivity index (χ0v) is 12.3. The van der Waals surface area contributed by atoms with Crippen LogP contribution in [0, 0.1) is 5.82 Å². The molecule has 4 heteroatoms. The lowest BCUT2D eigenvalue weighted by Gasteiger charge is -2.25. The molecule has 0 spiro atoms. The van der Waals surface area contributed by atoms with E-state index in [0.717, 1.165) is 23.5 Å². The Balaban J connectivity index is 1.95. The van der Waals surface area contributed by atoms with Gasteiger partial charge >= 0.3 is 0 Å². The van der Waals surface area contributed by atoms with Gasteiger partial charge in [-0.25, -0.2) is 4.39 Å². The number of nitrogens with one attached hydrogen (secondary N) is 1. The molecule has 1 atom stereocenters. The van der Waals surface area contributed by atoms with Gasteiger partial charge in [0.1, 0.15) is 5.82 Å². The summed E-state index contributed by atoms with van der Waals surface area (Å²) in [5, 5.41) is 3.41. The van der Waals surface area contributed by atoms with E-state index in [1.165, 1.54) is 6.07 Å². The van der Waals surface area contributed by atoms with E-state index in [-0.39, 0.29) is 12.0 Å². The molecule has 3 nitrogen and oxygen atoms in total. The van der Waals surface area contributed by atoms with Crippen LogP contribution < -0.4 is 10.2 Å². The average molecular weight is 293 g/mol. The van der Waals surface area contributed by atoms with Gasteiger partial charge in [-0.2, -0.15) is 0 Å². The summed E-state index contributed by atoms with van der Waals surface area (Å²) in [7, 11) is 0. The average Bonchev–Trinajstić information content (AvgIpc) is 2.82. The molecule has 1 fully saturated rings. The Labute approximate surface area is 128 Å². The summed E-state index contributed by atoms with van der Waals surface area (Å²) in [6.45, 7) is 2.88. The first kappa shape index (κ1) is 13.2. The number of nitrogens with zero attached hydrogens (tertiary/aromatic N) is 2. The van der Waals surface area contributed by atoms with Crippen molar-refractivity contribution in [2.24, 2.45) is 4.99 Å². The van der Waals surface area contributed by atoms with Crippen LogP contribution in [0.3, 0.4) is 0 Å². The summed E-state index contributed by atoms with van der Waals surface area (Å²) >= 11 is 0. The minimum absolute atomic E-state index is 0.197. The number of para-hydroxylation sites is 1. The standard InChI is InChI=1S/C18H16FN3/c1-12-20-10-13-11-21-18(14-6-2-4-8-16(14)19)15-7-3-5-9-17(15)22(12)13/h2-9,11-12,20H,10H2,1H3. The third-order valence-electron chi connectivity index (χ3n) is 4.17. The van der Waals surface area contributed by atoms with Crippen molar-refractivity contribution in [1.29, 1.82) is 0 Å². The molecule has 110 valence electrons. The summed E-state index contributed by atoms with van der Waals surface area (Å²) in [6.07, 6.45) is 2.04. The maximum absolute atomic E-state index is 14.2. The highest BCUT2D eigenvalue weighted by Gasteiger charge is 2.30. The van der Waals surface area contributed by atoms with Gasteiger partial charge in [0.25, 0.3) is 0 Å². The lowest BCUT2D eigenvalue weighted by Crippen LogP contribution is -2.32. The lowest BCUT2D eigenvalue weighted by atomic mass is 9.99. The monoisotopic (exact) mass is 293 g/mol. The van der Waals surface area contributed by atoms with Crippen molar-refractivity contribution in [3.8, 4) is 0 Å². The van der Waals surface area contributed by atoms with Crippen molar-refractivity contribution in [3.63, 3.8) is 0 Å². The van der Waals surface area contributed by atoms with Gasteiger partial charge in [-0.3, -0.25) is 10.3 Å². The Bertz CT molecular complexity index is 794. The molecule has 22 heavy (non-hydrogen) atoms. The van der Waals surface area contributed by atoms with E-state index in [4.69, 9.17) is 0 Å². The van der Waals surface area contributed by atoms with Crippen LogP contribution >= 0.6 is 0 Å². The van der Waals surface area contributed by atoms with Gasteiger partial charge in [-0.1, -0.05) is 30.3 Å². The molecule has 0 radical (unpaired) electrons. The fourth-order valence-corrected chi connectivity index (χ4v) is 3.11. The van der Waals surface area contributed by atoms with E-state index < -0.39 is 0 Å². The van der Waals surface area contributed by atoms with Crippen LogP contribution in [0.1, 0.15) is 18.1 Å². The molecule has 0 amide bonds. The molecule has 2 heterocycles. The van der Waals surface area contributed by atoms with Crippen molar-refractivity contribution in [2.45, 2.75) is 13.1 Å². The van der Waals surface area contributed by atoms with Gasteiger partial charge in [0.15, 0.2) is 0 Å². The Morgan fingerprint density at radius 2 is 1.82 bits per heavy atom. The van der Waals surface area contributed by atoms with Gasteiger partial charge in [-0.05, 0) is 25.1 Å². The van der Waals surface area contributed by atoms with E-state index in [2.05, 4.69) is 28.2 Å². The zero-order valence-electron chi connectivity index (χ0n) is 12.3. The Kier molecular flexibility index (Phi) is 3.05. The molecule has 0 saturated carbocycles. The van der Waals surface area contributed by atoms with Crippen LogP contribution in [0.4, 0.5) is 10.1 Å². The highest BCUT2D eigenvalue weighted by atomic mass is 19.1. The predicted molar refractivity (Wildman–Crippen MR) is 86.5 cm³/mol. The first-order valence-corrected chi connectivity index (χ1v) is 7.39. The number of hydrogen-bond donors (Lipinski definition) is 1. The first-order chi connectivity index (χ1) is 10.8. The Morgan fingerprint density at radius 3 is 2.64 bits per heavy atom. The smallest absolute Gasteiger partial charge is 0.132 e. The first-order valence-electron chi connectivity index (χ1n) is 7.39. The van der Waals surface area contributed by atoms with Crippen LogP contribution in [0.25, 0.3) is 0 Å². The molecule has 1 saturated heterocycles. The molecule has 1 unspecified atom stereocenters. The van der Waals surface area contributed by atoms with E-state index in [1.807, 2.05) is 30.5 Å². The zero-order chi connectivity index (χ0) is 15.1. The van der Waals surface area contributed by atoms with E-state index in [0.29, 0.717) is 11.3 Å². The van der Waals surface area contributed by atoms with E-state index >= 15 is 0 Å². The van der Waals surface area contributed by atoms with Crippen molar-refractivity contribution in [2.75, 3.05) is 11.4 Å². The molecule has 0 bridgehead atoms. The maximum Gasteiger partial charge on any atom is 0.132 e. The number of halogens is 1. The van der Waals surface area contributed by atoms with Gasteiger partial charge in [-0.15, -0.1) is 0 Å². The van der Waals surface area contributed by atoms with Crippen LogP contribution in [0.5, 0.6) is 0 Å². The minimum atomic E-state index is -0.248. The molecule has 2 aromatic carbocycles. The molecule has 0 aliphatic carbocycles. The van der Waals surface area contributed by atoms with Gasteiger partial charge in [0.05, 0.1) is 23.3 Å². The fourth-order valence-electron chi connectivity index (χ4n) is 3.11. The summed E-state index contributed by atoms with van der Waals surface area (Å²) in [5.41, 5.74) is 4.34. The molecule has 2 aliphatic rings. The van der Waals surface area contributed by atoms with Crippen LogP contribution in [-0.4, -0.2) is 18.4 Å². The maximum atomic E-state index is 14.2. The number of fused-ring (bicyclic) bond motifs is 3. The lowest BCUT2D eigenvalue weighted by molar-refractivity contribution is 0.625. The molecular formula is C18H16FN3. The largest absolute Gasteiger partial charge is 0.326 e. The number of aliphatic imine (C=N–C) groups is 1. The number of anilines is 1. The minimum Gasteiger partial charge on any atom is -0.326 e. The highest BCUT2D eigenvalue weighted by Crippen LogP contribution is 2.33. The van der Waals surface area contributed by atoms with Crippen molar-refractivity contribution >= 4 is 11.4 Å². The van der Waals surface area contributed by atoms with Crippen molar-refractivity contribution < 1.29 is 4.39 Å². The second-order valence-corrected chi connectivity index (χ2v) is 5.52. The number of benzene rings is 2. The second kappa shape index (κ2) is 5.07. The van der Waals surface area contributed by atoms with Crippen LogP contribution in [-0.2, 0) is 0 Å². The van der Waals surface area contributed by atoms with Crippen molar-refractivity contribution in [1.82, 2.24) is 5.32 Å². The summed E-state index contributed by atoms with van der Waals surface area (Å²) < 4.78 is 14.2. The summed E-state index contributed by atoms with van der Waals surface area (Å²) in [4.78, 5) is 6.83. The molecule has 0 aromatic heterocycles. The quantitative estimate of drug-likeness (QED) is 0.874. The Hall–Kier alpha value is -2.46. The molecule has 2 aliphatic heterocycles. The summed E-state index contributed by atoms with van der Waals surface area (Å²) in [5.74, 6) is -0.248. The number of hydrogen-bond acceptors (Lipinski definition) is 3. The van der Waals surface area contributed by atoms with Crippen molar-refractivity contribution in [3.05, 3.63) is 77.4 Å². The van der Waals surface area contributed by atoms with Crippen LogP contribution in [0.2, 0.25) is 0 Å². The van der Waals surface area contributed by atoms with Gasteiger partial charge in [0, 0.05) is 23.9 Å². The topological polar surface area (TPSA) is 27.6 Å². The SMILES string of the molecule is CC1NCC2=CN=C(c3ccccc3F)c3ccccc3N21. The third kappa shape index (κ3) is 1.96. The third-order valence-corrected chi connectivity index (χ3v) is 4.17. The van der Waals surface area contributed by atoms with Crippen LogP contribution in [0.15, 0.2) is 65.4 Å². The molecule has 4 rings (SSSR count). The Morgan fingerprint density at radius 1 is 1.09 bits per heavy atom. The normalized spacial score (nSPS) is 19.9. The van der Waals surface area contributed by atoms with Gasteiger partial charge in [0.2, 0.25) is 0 Å². The van der Waals surface area contributed by atoms with E-state index in [1.54, 1.807) is 12.1 Å². The second-order valence-electron chi connectivity index (χ2n) is 5.52. The van der Waals surface area contributed by atoms with Gasteiger partial charge < -0.3 is 4.90 Å². The highest BCUT2D eigenvalue weighted by molar-refractivity contribution is 6.17. The summed E-state index contributed by atoms with van der Waals surface area (Å²) in [6, 6.07) is 14.8.